The van der Waals surface area contributed by atoms with Crippen LogP contribution in [-0.4, -0.2) is 44.0 Å². The molecule has 0 saturated carbocycles. The van der Waals surface area contributed by atoms with Gasteiger partial charge in [0.15, 0.2) is 0 Å². The third-order valence-electron chi connectivity index (χ3n) is 6.21. The zero-order valence-corrected chi connectivity index (χ0v) is 18.1. The summed E-state index contributed by atoms with van der Waals surface area (Å²) >= 11 is 0. The molecule has 1 amide bonds. The van der Waals surface area contributed by atoms with Crippen LogP contribution in [0.2, 0.25) is 0 Å². The van der Waals surface area contributed by atoms with Crippen molar-refractivity contribution in [3.63, 3.8) is 0 Å². The summed E-state index contributed by atoms with van der Waals surface area (Å²) in [5.74, 6) is -0.0400. The Labute approximate surface area is 189 Å². The van der Waals surface area contributed by atoms with Crippen LogP contribution in [0.25, 0.3) is 39.0 Å². The summed E-state index contributed by atoms with van der Waals surface area (Å²) < 4.78 is 5.44. The third-order valence-corrected chi connectivity index (χ3v) is 6.21. The fraction of sp³-hybridized carbons (Fsp3) is 0.154. The van der Waals surface area contributed by atoms with Gasteiger partial charge in [-0.2, -0.15) is 0 Å². The molecule has 0 aliphatic carbocycles. The molecule has 1 aromatic carbocycles. The SMILES string of the molecule is Cc1noc2nc(-c3ccccc3)cc(C(=O)N3CC=C(c4c[nH]c5ncccc45)CC3)c12. The Kier molecular flexibility index (Phi) is 4.54. The first-order valence-electron chi connectivity index (χ1n) is 10.9. The smallest absolute Gasteiger partial charge is 0.259 e. The number of amides is 1. The zero-order chi connectivity index (χ0) is 22.4. The van der Waals surface area contributed by atoms with Crippen LogP contribution in [0.5, 0.6) is 0 Å². The third kappa shape index (κ3) is 3.29. The lowest BCUT2D eigenvalue weighted by molar-refractivity contribution is 0.0774. The van der Waals surface area contributed by atoms with Crippen LogP contribution in [0.15, 0.2) is 71.5 Å². The molecule has 5 heterocycles. The summed E-state index contributed by atoms with van der Waals surface area (Å²) in [5.41, 5.74) is 6.50. The average Bonchev–Trinajstić information content (AvgIpc) is 3.47. The molecule has 0 fully saturated rings. The molecule has 1 N–H and O–H groups in total. The Hall–Kier alpha value is -4.26. The standard InChI is InChI=1S/C26H21N5O2/c1-16-23-20(14-22(29-25(23)33-30-16)18-6-3-2-4-7-18)26(32)31-12-9-17(10-13-31)21-15-28-24-19(21)8-5-11-27-24/h2-9,11,14-15H,10,12-13H2,1H3,(H,27,28). The van der Waals surface area contributed by atoms with Gasteiger partial charge in [0.2, 0.25) is 0 Å². The quantitative estimate of drug-likeness (QED) is 0.431. The van der Waals surface area contributed by atoms with Gasteiger partial charge in [-0.1, -0.05) is 41.6 Å². The number of fused-ring (bicyclic) bond motifs is 2. The first-order chi connectivity index (χ1) is 16.2. The van der Waals surface area contributed by atoms with Gasteiger partial charge in [0.1, 0.15) is 5.65 Å². The summed E-state index contributed by atoms with van der Waals surface area (Å²) in [6, 6.07) is 15.7. The lowest BCUT2D eigenvalue weighted by atomic mass is 9.98. The molecule has 0 atom stereocenters. The molecule has 162 valence electrons. The van der Waals surface area contributed by atoms with Crippen LogP contribution >= 0.6 is 0 Å². The summed E-state index contributed by atoms with van der Waals surface area (Å²) in [5, 5.41) is 5.85. The van der Waals surface area contributed by atoms with Crippen molar-refractivity contribution in [2.24, 2.45) is 0 Å². The first-order valence-corrected chi connectivity index (χ1v) is 10.9. The lowest BCUT2D eigenvalue weighted by Gasteiger charge is -2.27. The second-order valence-corrected chi connectivity index (χ2v) is 8.20. The molecule has 6 rings (SSSR count). The van der Waals surface area contributed by atoms with Crippen molar-refractivity contribution in [2.45, 2.75) is 13.3 Å². The van der Waals surface area contributed by atoms with Gasteiger partial charge in [-0.15, -0.1) is 0 Å². The van der Waals surface area contributed by atoms with E-state index >= 15 is 0 Å². The second-order valence-electron chi connectivity index (χ2n) is 8.20. The maximum absolute atomic E-state index is 13.6. The number of nitrogens with one attached hydrogen (secondary N) is 1. The molecule has 0 bridgehead atoms. The fourth-order valence-electron chi connectivity index (χ4n) is 4.51. The highest BCUT2D eigenvalue weighted by Crippen LogP contribution is 2.31. The Morgan fingerprint density at radius 1 is 1.15 bits per heavy atom. The van der Waals surface area contributed by atoms with Crippen molar-refractivity contribution < 1.29 is 9.32 Å². The molecule has 0 radical (unpaired) electrons. The van der Waals surface area contributed by atoms with Crippen LogP contribution in [0.3, 0.4) is 0 Å². The predicted molar refractivity (Wildman–Crippen MR) is 127 cm³/mol. The molecule has 33 heavy (non-hydrogen) atoms. The molecule has 0 saturated heterocycles. The number of aromatic nitrogens is 4. The number of carbonyl (C=O) groups is 1. The van der Waals surface area contributed by atoms with Crippen LogP contribution in [0.4, 0.5) is 0 Å². The number of rotatable bonds is 3. The maximum Gasteiger partial charge on any atom is 0.259 e. The van der Waals surface area contributed by atoms with E-state index < -0.39 is 0 Å². The van der Waals surface area contributed by atoms with Crippen LogP contribution in [0.1, 0.15) is 28.0 Å². The predicted octanol–water partition coefficient (Wildman–Crippen LogP) is 5.00. The highest BCUT2D eigenvalue weighted by molar-refractivity contribution is 6.07. The minimum absolute atomic E-state index is 0.0400. The number of aryl methyl sites for hydroxylation is 1. The van der Waals surface area contributed by atoms with Gasteiger partial charge in [0, 0.05) is 42.0 Å². The molecule has 0 spiro atoms. The Morgan fingerprint density at radius 3 is 2.85 bits per heavy atom. The average molecular weight is 435 g/mol. The van der Waals surface area contributed by atoms with Gasteiger partial charge in [0.05, 0.1) is 22.3 Å². The molecular formula is C26H21N5O2. The summed E-state index contributed by atoms with van der Waals surface area (Å²) in [4.78, 5) is 27.7. The van der Waals surface area contributed by atoms with Gasteiger partial charge < -0.3 is 14.4 Å². The van der Waals surface area contributed by atoms with E-state index in [0.717, 1.165) is 28.6 Å². The molecule has 1 aliphatic heterocycles. The zero-order valence-electron chi connectivity index (χ0n) is 18.1. The van der Waals surface area contributed by atoms with Gasteiger partial charge in [0.25, 0.3) is 11.6 Å². The van der Waals surface area contributed by atoms with Gasteiger partial charge in [-0.05, 0) is 37.1 Å². The Bertz CT molecular complexity index is 1530. The van der Waals surface area contributed by atoms with Crippen molar-refractivity contribution in [1.29, 1.82) is 0 Å². The summed E-state index contributed by atoms with van der Waals surface area (Å²) in [6.45, 7) is 3.01. The van der Waals surface area contributed by atoms with Crippen LogP contribution < -0.4 is 0 Å². The number of carbonyl (C=O) groups excluding carboxylic acids is 1. The molecule has 0 unspecified atom stereocenters. The number of nitrogens with zero attached hydrogens (tertiary/aromatic N) is 4. The number of hydrogen-bond donors (Lipinski definition) is 1. The molecule has 1 aliphatic rings. The van der Waals surface area contributed by atoms with Crippen molar-refractivity contribution in [3.05, 3.63) is 83.8 Å². The molecule has 5 aromatic rings. The normalized spacial score (nSPS) is 14.1. The highest BCUT2D eigenvalue weighted by Gasteiger charge is 2.25. The van der Waals surface area contributed by atoms with Crippen molar-refractivity contribution in [1.82, 2.24) is 25.0 Å². The van der Waals surface area contributed by atoms with E-state index in [1.54, 1.807) is 6.20 Å². The van der Waals surface area contributed by atoms with Crippen molar-refractivity contribution in [2.75, 3.05) is 13.1 Å². The van der Waals surface area contributed by atoms with Gasteiger partial charge >= 0.3 is 0 Å². The minimum atomic E-state index is -0.0400. The van der Waals surface area contributed by atoms with Gasteiger partial charge in [-0.25, -0.2) is 9.97 Å². The molecule has 7 heteroatoms. The molecule has 4 aromatic heterocycles. The summed E-state index contributed by atoms with van der Waals surface area (Å²) in [6.07, 6.45) is 6.69. The topological polar surface area (TPSA) is 87.9 Å². The minimum Gasteiger partial charge on any atom is -0.346 e. The van der Waals surface area contributed by atoms with E-state index in [0.29, 0.717) is 41.1 Å². The van der Waals surface area contributed by atoms with Crippen molar-refractivity contribution in [3.8, 4) is 11.3 Å². The number of pyridine rings is 2. The van der Waals surface area contributed by atoms with Crippen LogP contribution in [-0.2, 0) is 0 Å². The first kappa shape index (κ1) is 19.4. The largest absolute Gasteiger partial charge is 0.346 e. The number of hydrogen-bond acceptors (Lipinski definition) is 5. The number of H-pyrrole nitrogens is 1. The summed E-state index contributed by atoms with van der Waals surface area (Å²) in [7, 11) is 0. The lowest BCUT2D eigenvalue weighted by Crippen LogP contribution is -2.34. The highest BCUT2D eigenvalue weighted by atomic mass is 16.5. The Morgan fingerprint density at radius 2 is 2.03 bits per heavy atom. The monoisotopic (exact) mass is 435 g/mol. The van der Waals surface area contributed by atoms with Crippen molar-refractivity contribution >= 4 is 33.6 Å². The van der Waals surface area contributed by atoms with E-state index in [1.807, 2.05) is 60.5 Å². The van der Waals surface area contributed by atoms with Crippen LogP contribution in [0, 0.1) is 6.92 Å². The second kappa shape index (κ2) is 7.70. The Balaban J connectivity index is 1.35. The molecule has 7 nitrogen and oxygen atoms in total. The van der Waals surface area contributed by atoms with E-state index in [4.69, 9.17) is 4.52 Å². The van der Waals surface area contributed by atoms with E-state index in [-0.39, 0.29) is 5.91 Å². The van der Waals surface area contributed by atoms with E-state index in [1.165, 1.54) is 5.57 Å². The fourth-order valence-corrected chi connectivity index (χ4v) is 4.51. The van der Waals surface area contributed by atoms with E-state index in [2.05, 4.69) is 32.3 Å². The van der Waals surface area contributed by atoms with E-state index in [9.17, 15) is 4.79 Å². The van der Waals surface area contributed by atoms with Gasteiger partial charge in [-0.3, -0.25) is 4.79 Å². The molecular weight excluding hydrogens is 414 g/mol. The number of aromatic amines is 1. The maximum atomic E-state index is 13.6. The number of benzene rings is 1.